The molecule has 16 heavy (non-hydrogen) atoms. The van der Waals surface area contributed by atoms with E-state index in [1.165, 1.54) is 0 Å². The average Bonchev–Trinajstić information content (AvgIpc) is 2.24. The molecule has 2 atom stereocenters. The van der Waals surface area contributed by atoms with Gasteiger partial charge in [-0.25, -0.2) is 0 Å². The van der Waals surface area contributed by atoms with Crippen LogP contribution >= 0.6 is 0 Å². The molecule has 0 bridgehead atoms. The highest BCUT2D eigenvalue weighted by Gasteiger charge is 2.34. The van der Waals surface area contributed by atoms with Crippen LogP contribution in [0.25, 0.3) is 0 Å². The molecule has 2 N–H and O–H groups in total. The number of aliphatic hydroxyl groups is 1. The van der Waals surface area contributed by atoms with Crippen molar-refractivity contribution in [2.24, 2.45) is 5.41 Å². The van der Waals surface area contributed by atoms with Crippen molar-refractivity contribution in [1.29, 1.82) is 0 Å². The average molecular weight is 228 g/mol. The Morgan fingerprint density at radius 3 is 2.75 bits per heavy atom. The predicted molar refractivity (Wildman–Crippen MR) is 64.1 cm³/mol. The Hall–Kier alpha value is -0.610. The zero-order valence-electron chi connectivity index (χ0n) is 10.8. The highest BCUT2D eigenvalue weighted by Crippen LogP contribution is 2.28. The van der Waals surface area contributed by atoms with Crippen molar-refractivity contribution in [2.45, 2.75) is 45.8 Å². The number of amides is 1. The lowest BCUT2D eigenvalue weighted by molar-refractivity contribution is -0.134. The maximum absolute atomic E-state index is 12.2. The van der Waals surface area contributed by atoms with Crippen molar-refractivity contribution in [3.63, 3.8) is 0 Å². The summed E-state index contributed by atoms with van der Waals surface area (Å²) in [5.41, 5.74) is 0.135. The molecule has 0 aromatic carbocycles. The van der Waals surface area contributed by atoms with E-state index in [0.717, 1.165) is 19.4 Å². The topological polar surface area (TPSA) is 52.6 Å². The van der Waals surface area contributed by atoms with Crippen LogP contribution in [0.5, 0.6) is 0 Å². The molecule has 1 saturated heterocycles. The van der Waals surface area contributed by atoms with Crippen LogP contribution in [-0.2, 0) is 4.79 Å². The third kappa shape index (κ3) is 3.46. The monoisotopic (exact) mass is 228 g/mol. The number of carbonyl (C=O) groups is 1. The Kier molecular flexibility index (Phi) is 4.33. The first-order chi connectivity index (χ1) is 7.35. The van der Waals surface area contributed by atoms with E-state index in [0.29, 0.717) is 6.54 Å². The molecule has 1 heterocycles. The first kappa shape index (κ1) is 13.5. The van der Waals surface area contributed by atoms with Crippen LogP contribution in [0, 0.1) is 5.41 Å². The molecule has 94 valence electrons. The Labute approximate surface area is 98.0 Å². The van der Waals surface area contributed by atoms with Gasteiger partial charge < -0.3 is 15.3 Å². The van der Waals surface area contributed by atoms with Crippen molar-refractivity contribution >= 4 is 5.91 Å². The van der Waals surface area contributed by atoms with Gasteiger partial charge in [0.15, 0.2) is 0 Å². The largest absolute Gasteiger partial charge is 0.392 e. The van der Waals surface area contributed by atoms with Crippen LogP contribution in [-0.4, -0.2) is 48.2 Å². The standard InChI is InChI=1S/C12H24N2O2/c1-9(15)7-14-8-12(2,3)6-5-10(13-4)11(14)16/h9-10,13,15H,5-8H2,1-4H3. The van der Waals surface area contributed by atoms with E-state index >= 15 is 0 Å². The first-order valence-corrected chi connectivity index (χ1v) is 6.00. The molecule has 1 aliphatic heterocycles. The number of hydrogen-bond donors (Lipinski definition) is 2. The fourth-order valence-electron chi connectivity index (χ4n) is 2.29. The number of aliphatic hydroxyl groups excluding tert-OH is 1. The molecule has 1 fully saturated rings. The molecule has 0 aromatic heterocycles. The lowest BCUT2D eigenvalue weighted by atomic mass is 9.87. The summed E-state index contributed by atoms with van der Waals surface area (Å²) in [5, 5.41) is 12.5. The molecule has 0 spiro atoms. The zero-order chi connectivity index (χ0) is 12.3. The second-order valence-electron chi connectivity index (χ2n) is 5.61. The Balaban J connectivity index is 2.80. The summed E-state index contributed by atoms with van der Waals surface area (Å²) in [5.74, 6) is 0.119. The zero-order valence-corrected chi connectivity index (χ0v) is 10.8. The summed E-state index contributed by atoms with van der Waals surface area (Å²) in [4.78, 5) is 13.9. The van der Waals surface area contributed by atoms with E-state index < -0.39 is 6.10 Å². The molecular formula is C12H24N2O2. The van der Waals surface area contributed by atoms with Gasteiger partial charge in [0.2, 0.25) is 5.91 Å². The van der Waals surface area contributed by atoms with Gasteiger partial charge in [0, 0.05) is 13.1 Å². The molecule has 0 radical (unpaired) electrons. The fourth-order valence-corrected chi connectivity index (χ4v) is 2.29. The molecule has 4 nitrogen and oxygen atoms in total. The summed E-state index contributed by atoms with van der Waals surface area (Å²) in [7, 11) is 1.82. The summed E-state index contributed by atoms with van der Waals surface area (Å²) < 4.78 is 0. The van der Waals surface area contributed by atoms with Gasteiger partial charge in [-0.2, -0.15) is 0 Å². The summed E-state index contributed by atoms with van der Waals surface area (Å²) in [6.07, 6.45) is 1.44. The minimum absolute atomic E-state index is 0.0967. The molecule has 1 rings (SSSR count). The number of carbonyl (C=O) groups excluding carboxylic acids is 1. The van der Waals surface area contributed by atoms with Crippen molar-refractivity contribution in [1.82, 2.24) is 10.2 Å². The smallest absolute Gasteiger partial charge is 0.239 e. The van der Waals surface area contributed by atoms with Gasteiger partial charge in [-0.1, -0.05) is 13.8 Å². The van der Waals surface area contributed by atoms with Crippen LogP contribution < -0.4 is 5.32 Å². The number of likely N-dealkylation sites (tertiary alicyclic amines) is 1. The minimum Gasteiger partial charge on any atom is -0.392 e. The van der Waals surface area contributed by atoms with E-state index in [2.05, 4.69) is 19.2 Å². The highest BCUT2D eigenvalue weighted by atomic mass is 16.3. The first-order valence-electron chi connectivity index (χ1n) is 6.00. The van der Waals surface area contributed by atoms with Crippen LogP contribution in [0.15, 0.2) is 0 Å². The van der Waals surface area contributed by atoms with E-state index in [-0.39, 0.29) is 17.4 Å². The molecule has 1 aliphatic rings. The van der Waals surface area contributed by atoms with Gasteiger partial charge >= 0.3 is 0 Å². The van der Waals surface area contributed by atoms with Gasteiger partial charge in [-0.3, -0.25) is 4.79 Å². The summed E-state index contributed by atoms with van der Waals surface area (Å²) in [6.45, 7) is 7.23. The van der Waals surface area contributed by atoms with E-state index in [1.807, 2.05) is 7.05 Å². The number of likely N-dealkylation sites (N-methyl/N-ethyl adjacent to an activating group) is 1. The third-order valence-electron chi connectivity index (χ3n) is 3.17. The molecule has 2 unspecified atom stereocenters. The maximum Gasteiger partial charge on any atom is 0.239 e. The molecule has 1 amide bonds. The van der Waals surface area contributed by atoms with Crippen LogP contribution in [0.1, 0.15) is 33.6 Å². The van der Waals surface area contributed by atoms with Gasteiger partial charge in [-0.15, -0.1) is 0 Å². The Morgan fingerprint density at radius 2 is 2.25 bits per heavy atom. The summed E-state index contributed by atoms with van der Waals surface area (Å²) >= 11 is 0. The second kappa shape index (κ2) is 5.15. The van der Waals surface area contributed by atoms with Crippen molar-refractivity contribution in [2.75, 3.05) is 20.1 Å². The van der Waals surface area contributed by atoms with Crippen LogP contribution in [0.2, 0.25) is 0 Å². The SMILES string of the molecule is CNC1CCC(C)(C)CN(CC(C)O)C1=O. The van der Waals surface area contributed by atoms with E-state index in [9.17, 15) is 9.90 Å². The van der Waals surface area contributed by atoms with Gasteiger partial charge in [0.1, 0.15) is 0 Å². The molecule has 0 aliphatic carbocycles. The van der Waals surface area contributed by atoms with Gasteiger partial charge in [0.25, 0.3) is 0 Å². The second-order valence-corrected chi connectivity index (χ2v) is 5.61. The lowest BCUT2D eigenvalue weighted by Gasteiger charge is -2.30. The quantitative estimate of drug-likeness (QED) is 0.744. The highest BCUT2D eigenvalue weighted by molar-refractivity contribution is 5.82. The van der Waals surface area contributed by atoms with E-state index in [1.54, 1.807) is 11.8 Å². The number of nitrogens with one attached hydrogen (secondary N) is 1. The third-order valence-corrected chi connectivity index (χ3v) is 3.17. The van der Waals surface area contributed by atoms with Crippen molar-refractivity contribution < 1.29 is 9.90 Å². The molecule has 0 saturated carbocycles. The van der Waals surface area contributed by atoms with Gasteiger partial charge in [0.05, 0.1) is 12.1 Å². The lowest BCUT2D eigenvalue weighted by Crippen LogP contribution is -2.47. The Bertz CT molecular complexity index is 251. The normalized spacial score (nSPS) is 27.7. The maximum atomic E-state index is 12.2. The number of rotatable bonds is 3. The Morgan fingerprint density at radius 1 is 1.62 bits per heavy atom. The molecule has 0 aromatic rings. The molecular weight excluding hydrogens is 204 g/mol. The number of nitrogens with zero attached hydrogens (tertiary/aromatic N) is 1. The molecule has 4 heteroatoms. The van der Waals surface area contributed by atoms with Crippen molar-refractivity contribution in [3.8, 4) is 0 Å². The minimum atomic E-state index is -0.463. The predicted octanol–water partition coefficient (Wildman–Crippen LogP) is 0.604. The van der Waals surface area contributed by atoms with Crippen molar-refractivity contribution in [3.05, 3.63) is 0 Å². The number of hydrogen-bond acceptors (Lipinski definition) is 3. The fraction of sp³-hybridized carbons (Fsp3) is 0.917. The van der Waals surface area contributed by atoms with Crippen LogP contribution in [0.3, 0.4) is 0 Å². The summed E-state index contributed by atoms with van der Waals surface area (Å²) in [6, 6.07) is -0.0967. The van der Waals surface area contributed by atoms with Gasteiger partial charge in [-0.05, 0) is 32.2 Å². The van der Waals surface area contributed by atoms with Crippen LogP contribution in [0.4, 0.5) is 0 Å². The number of β-amino-alcohol motifs (C(OH)–C–C–N with tert-alkyl or cyclic N) is 1. The van der Waals surface area contributed by atoms with E-state index in [4.69, 9.17) is 0 Å².